The van der Waals surface area contributed by atoms with E-state index < -0.39 is 28.8 Å². The number of rotatable bonds is 3. The lowest BCUT2D eigenvalue weighted by atomic mass is 10.0. The van der Waals surface area contributed by atoms with Crippen LogP contribution in [-0.2, 0) is 6.18 Å². The minimum atomic E-state index is -4.70. The van der Waals surface area contributed by atoms with Crippen molar-refractivity contribution in [1.29, 1.82) is 0 Å². The van der Waals surface area contributed by atoms with Crippen LogP contribution in [0.3, 0.4) is 0 Å². The van der Waals surface area contributed by atoms with Crippen LogP contribution in [0.1, 0.15) is 21.7 Å². The molecule has 0 aromatic carbocycles. The van der Waals surface area contributed by atoms with Crippen molar-refractivity contribution in [3.63, 3.8) is 0 Å². The molecule has 0 aliphatic carbocycles. The van der Waals surface area contributed by atoms with E-state index in [1.54, 1.807) is 12.1 Å². The van der Waals surface area contributed by atoms with Gasteiger partial charge in [0.1, 0.15) is 11.3 Å². The Morgan fingerprint density at radius 1 is 1.15 bits per heavy atom. The highest BCUT2D eigenvalue weighted by Gasteiger charge is 2.33. The van der Waals surface area contributed by atoms with Gasteiger partial charge in [-0.15, -0.1) is 0 Å². The highest BCUT2D eigenvalue weighted by Crippen LogP contribution is 2.31. The third kappa shape index (κ3) is 3.43. The number of alkyl halides is 3. The van der Waals surface area contributed by atoms with E-state index in [-0.39, 0.29) is 16.8 Å². The Bertz CT molecular complexity index is 1080. The molecule has 0 saturated heterocycles. The molecule has 6 nitrogen and oxygen atoms in total. The molecule has 0 aliphatic heterocycles. The fraction of sp³-hybridized carbons (Fsp3) is 0.111. The summed E-state index contributed by atoms with van der Waals surface area (Å²) in [6.07, 6.45) is 0.326. The summed E-state index contributed by atoms with van der Waals surface area (Å²) in [7, 11) is 0. The molecule has 1 N–H and O–H groups in total. The second-order valence-electron chi connectivity index (χ2n) is 5.64. The Morgan fingerprint density at radius 2 is 1.81 bits per heavy atom. The molecule has 0 atom stereocenters. The predicted octanol–water partition coefficient (Wildman–Crippen LogP) is 3.32. The summed E-state index contributed by atoms with van der Waals surface area (Å²) in [5.41, 5.74) is -2.00. The number of carboxylic acids is 1. The summed E-state index contributed by atoms with van der Waals surface area (Å²) in [4.78, 5) is 31.3. The zero-order valence-electron chi connectivity index (χ0n) is 13.9. The van der Waals surface area contributed by atoms with E-state index in [2.05, 4.69) is 9.97 Å². The summed E-state index contributed by atoms with van der Waals surface area (Å²) in [5, 5.41) is 9.37. The van der Waals surface area contributed by atoms with Crippen molar-refractivity contribution in [2.45, 2.75) is 13.1 Å². The Hall–Kier alpha value is -3.49. The number of halogens is 3. The normalized spacial score (nSPS) is 11.4. The molecule has 3 aromatic rings. The van der Waals surface area contributed by atoms with E-state index in [4.69, 9.17) is 0 Å². The molecule has 0 unspecified atom stereocenters. The smallest absolute Gasteiger partial charge is 0.433 e. The third-order valence-corrected chi connectivity index (χ3v) is 3.96. The van der Waals surface area contributed by atoms with Gasteiger partial charge in [0.2, 0.25) is 5.43 Å². The van der Waals surface area contributed by atoms with Crippen LogP contribution in [-0.4, -0.2) is 25.6 Å². The lowest BCUT2D eigenvalue weighted by Gasteiger charge is -2.16. The third-order valence-electron chi connectivity index (χ3n) is 3.96. The molecule has 9 heteroatoms. The highest BCUT2D eigenvalue weighted by molar-refractivity contribution is 5.89. The van der Waals surface area contributed by atoms with Crippen molar-refractivity contribution in [3.8, 4) is 16.8 Å². The molecule has 0 bridgehead atoms. The van der Waals surface area contributed by atoms with Crippen molar-refractivity contribution in [3.05, 3.63) is 76.2 Å². The van der Waals surface area contributed by atoms with Gasteiger partial charge in [-0.2, -0.15) is 13.2 Å². The average Bonchev–Trinajstić information content (AvgIpc) is 2.62. The maximum Gasteiger partial charge on any atom is 0.433 e. The average molecular weight is 375 g/mol. The van der Waals surface area contributed by atoms with Crippen LogP contribution in [0.5, 0.6) is 0 Å². The van der Waals surface area contributed by atoms with E-state index in [0.717, 1.165) is 18.5 Å². The van der Waals surface area contributed by atoms with Gasteiger partial charge < -0.3 is 9.67 Å². The van der Waals surface area contributed by atoms with Gasteiger partial charge >= 0.3 is 12.1 Å². The summed E-state index contributed by atoms with van der Waals surface area (Å²) in [5.74, 6) is -1.48. The molecular weight excluding hydrogens is 363 g/mol. The van der Waals surface area contributed by atoms with Gasteiger partial charge in [-0.3, -0.25) is 14.8 Å². The maximum absolute atomic E-state index is 13.0. The van der Waals surface area contributed by atoms with Crippen LogP contribution in [0, 0.1) is 6.92 Å². The standard InChI is InChI=1S/C18H12F3N3O3/c1-10-15(11-2-7-23-14(8-11)18(19,20)21)16(25)13(17(26)27)9-24(10)12-3-5-22-6-4-12/h2-9H,1H3,(H,26,27). The van der Waals surface area contributed by atoms with Crippen molar-refractivity contribution in [1.82, 2.24) is 14.5 Å². The molecule has 3 heterocycles. The topological polar surface area (TPSA) is 85.1 Å². The predicted molar refractivity (Wildman–Crippen MR) is 89.8 cm³/mol. The summed E-state index contributed by atoms with van der Waals surface area (Å²) in [6.45, 7) is 1.52. The first kappa shape index (κ1) is 18.3. The van der Waals surface area contributed by atoms with Crippen LogP contribution in [0.15, 0.2) is 53.8 Å². The lowest BCUT2D eigenvalue weighted by molar-refractivity contribution is -0.141. The summed E-state index contributed by atoms with van der Waals surface area (Å²) < 4.78 is 40.4. The number of aromatic carboxylic acids is 1. The molecule has 27 heavy (non-hydrogen) atoms. The van der Waals surface area contributed by atoms with E-state index in [0.29, 0.717) is 5.69 Å². The number of hydrogen-bond donors (Lipinski definition) is 1. The Labute approximate surface area is 150 Å². The molecule has 0 spiro atoms. The Kier molecular flexibility index (Phi) is 4.52. The minimum absolute atomic E-state index is 0.0641. The first-order valence-corrected chi connectivity index (χ1v) is 7.63. The first-order chi connectivity index (χ1) is 12.7. The Balaban J connectivity index is 2.35. The van der Waals surface area contributed by atoms with Gasteiger partial charge in [-0.05, 0) is 36.8 Å². The number of nitrogens with zero attached hydrogens (tertiary/aromatic N) is 3. The van der Waals surface area contributed by atoms with E-state index >= 15 is 0 Å². The second-order valence-corrected chi connectivity index (χ2v) is 5.64. The molecule has 0 fully saturated rings. The van der Waals surface area contributed by atoms with Gasteiger partial charge in [-0.1, -0.05) is 0 Å². The van der Waals surface area contributed by atoms with Crippen LogP contribution in [0.2, 0.25) is 0 Å². The van der Waals surface area contributed by atoms with Crippen LogP contribution >= 0.6 is 0 Å². The Morgan fingerprint density at radius 3 is 2.41 bits per heavy atom. The number of pyridine rings is 3. The molecule has 0 amide bonds. The molecule has 0 radical (unpaired) electrons. The highest BCUT2D eigenvalue weighted by atomic mass is 19.4. The van der Waals surface area contributed by atoms with Crippen LogP contribution < -0.4 is 5.43 Å². The molecule has 138 valence electrons. The van der Waals surface area contributed by atoms with Gasteiger partial charge in [0.25, 0.3) is 0 Å². The van der Waals surface area contributed by atoms with Gasteiger partial charge in [0.15, 0.2) is 0 Å². The summed E-state index contributed by atoms with van der Waals surface area (Å²) >= 11 is 0. The number of hydrogen-bond acceptors (Lipinski definition) is 4. The molecule has 3 aromatic heterocycles. The van der Waals surface area contributed by atoms with E-state index in [1.165, 1.54) is 30.0 Å². The lowest BCUT2D eigenvalue weighted by Crippen LogP contribution is -2.22. The first-order valence-electron chi connectivity index (χ1n) is 7.63. The van der Waals surface area contributed by atoms with Crippen molar-refractivity contribution >= 4 is 5.97 Å². The van der Waals surface area contributed by atoms with Gasteiger partial charge in [-0.25, -0.2) is 4.79 Å². The largest absolute Gasteiger partial charge is 0.477 e. The SMILES string of the molecule is Cc1c(-c2ccnc(C(F)(F)F)c2)c(=O)c(C(=O)O)cn1-c1ccncc1. The number of aromatic nitrogens is 3. The zero-order chi connectivity index (χ0) is 19.8. The van der Waals surface area contributed by atoms with E-state index in [9.17, 15) is 27.9 Å². The molecule has 3 rings (SSSR count). The maximum atomic E-state index is 13.0. The van der Waals surface area contributed by atoms with Gasteiger partial charge in [0.05, 0.1) is 0 Å². The van der Waals surface area contributed by atoms with Crippen LogP contribution in [0.4, 0.5) is 13.2 Å². The van der Waals surface area contributed by atoms with E-state index in [1.807, 2.05) is 0 Å². The van der Waals surface area contributed by atoms with Crippen molar-refractivity contribution in [2.24, 2.45) is 0 Å². The fourth-order valence-corrected chi connectivity index (χ4v) is 2.71. The van der Waals surface area contributed by atoms with Crippen LogP contribution in [0.25, 0.3) is 16.8 Å². The number of carbonyl (C=O) groups is 1. The van der Waals surface area contributed by atoms with Gasteiger partial charge in [0, 0.05) is 41.7 Å². The fourth-order valence-electron chi connectivity index (χ4n) is 2.71. The molecule has 0 saturated carbocycles. The molecule has 0 aliphatic rings. The monoisotopic (exact) mass is 375 g/mol. The van der Waals surface area contributed by atoms with Crippen molar-refractivity contribution < 1.29 is 23.1 Å². The minimum Gasteiger partial charge on any atom is -0.477 e. The second kappa shape index (κ2) is 6.67. The number of carboxylic acid groups (broad SMARTS) is 1. The zero-order valence-corrected chi connectivity index (χ0v) is 13.9. The molecular formula is C18H12F3N3O3. The van der Waals surface area contributed by atoms with Crippen molar-refractivity contribution in [2.75, 3.05) is 0 Å². The quantitative estimate of drug-likeness (QED) is 0.759. The summed E-state index contributed by atoms with van der Waals surface area (Å²) in [6, 6.07) is 5.13.